The van der Waals surface area contributed by atoms with E-state index in [1.807, 2.05) is 54.6 Å². The Morgan fingerprint density at radius 1 is 1.05 bits per heavy atom. The van der Waals surface area contributed by atoms with Crippen molar-refractivity contribution in [2.75, 3.05) is 25.1 Å². The lowest BCUT2D eigenvalue weighted by atomic mass is 10.1. The first kappa shape index (κ1) is 16.8. The summed E-state index contributed by atoms with van der Waals surface area (Å²) in [5.41, 5.74) is 2.18. The minimum absolute atomic E-state index is 0.148. The van der Waals surface area contributed by atoms with Crippen molar-refractivity contribution in [1.29, 1.82) is 0 Å². The fourth-order valence-electron chi connectivity index (χ4n) is 2.10. The summed E-state index contributed by atoms with van der Waals surface area (Å²) in [6, 6.07) is 17.7. The van der Waals surface area contributed by atoms with Crippen LogP contribution < -0.4 is 5.32 Å². The molecule has 0 aliphatic heterocycles. The number of rotatable bonds is 9. The minimum atomic E-state index is 0.148. The fraction of sp³-hybridized carbons (Fsp3) is 0.333. The number of halogens is 1. The number of anilines is 1. The summed E-state index contributed by atoms with van der Waals surface area (Å²) < 4.78 is 5.66. The van der Waals surface area contributed by atoms with Crippen LogP contribution in [0.3, 0.4) is 0 Å². The molecule has 2 rings (SSSR count). The third-order valence-corrected chi connectivity index (χ3v) is 3.73. The Bertz CT molecular complexity index is 531. The average molecular weight is 320 g/mol. The zero-order valence-electron chi connectivity index (χ0n) is 12.5. The lowest BCUT2D eigenvalue weighted by Gasteiger charge is -2.16. The van der Waals surface area contributed by atoms with E-state index in [-0.39, 0.29) is 12.5 Å². The zero-order chi connectivity index (χ0) is 15.6. The largest absolute Gasteiger partial charge is 0.396 e. The van der Waals surface area contributed by atoms with Gasteiger partial charge in [-0.05, 0) is 36.2 Å². The molecule has 1 atom stereocenters. The van der Waals surface area contributed by atoms with Crippen molar-refractivity contribution in [2.24, 2.45) is 5.92 Å². The molecule has 0 amide bonds. The highest BCUT2D eigenvalue weighted by atomic mass is 35.5. The summed E-state index contributed by atoms with van der Waals surface area (Å²) in [5.74, 6) is 0.173. The molecule has 3 nitrogen and oxygen atoms in total. The standard InChI is InChI=1S/C18H22ClNO2/c19-17-6-8-18(9-7-17)20-12-16(13-21)10-11-22-14-15-4-2-1-3-5-15/h1-9,16,20-21H,10-14H2/t16-/m0/s1. The molecule has 0 saturated carbocycles. The summed E-state index contributed by atoms with van der Waals surface area (Å²) >= 11 is 5.85. The Kier molecular flexibility index (Phi) is 7.23. The van der Waals surface area contributed by atoms with Crippen molar-refractivity contribution >= 4 is 17.3 Å². The molecule has 0 spiro atoms. The van der Waals surface area contributed by atoms with Gasteiger partial charge in [0.15, 0.2) is 0 Å². The third-order valence-electron chi connectivity index (χ3n) is 3.48. The zero-order valence-corrected chi connectivity index (χ0v) is 13.3. The first-order valence-corrected chi connectivity index (χ1v) is 7.87. The summed E-state index contributed by atoms with van der Waals surface area (Å²) in [4.78, 5) is 0. The van der Waals surface area contributed by atoms with Crippen LogP contribution in [0.15, 0.2) is 54.6 Å². The average Bonchev–Trinajstić information content (AvgIpc) is 2.57. The van der Waals surface area contributed by atoms with Gasteiger partial charge in [-0.2, -0.15) is 0 Å². The summed E-state index contributed by atoms with van der Waals surface area (Å²) in [6.45, 7) is 2.12. The molecule has 0 unspecified atom stereocenters. The number of ether oxygens (including phenoxy) is 1. The van der Waals surface area contributed by atoms with Gasteiger partial charge in [0.05, 0.1) is 6.61 Å². The molecule has 2 N–H and O–H groups in total. The van der Waals surface area contributed by atoms with Crippen molar-refractivity contribution in [3.63, 3.8) is 0 Å². The number of hydrogen-bond acceptors (Lipinski definition) is 3. The molecule has 0 fully saturated rings. The highest BCUT2D eigenvalue weighted by molar-refractivity contribution is 6.30. The summed E-state index contributed by atoms with van der Waals surface area (Å²) in [5, 5.41) is 13.5. The molecule has 0 radical (unpaired) electrons. The molecule has 118 valence electrons. The predicted molar refractivity (Wildman–Crippen MR) is 91.2 cm³/mol. The van der Waals surface area contributed by atoms with E-state index in [0.717, 1.165) is 17.1 Å². The third kappa shape index (κ3) is 6.06. The molecule has 0 saturated heterocycles. The van der Waals surface area contributed by atoms with Gasteiger partial charge in [0.1, 0.15) is 0 Å². The molecular formula is C18H22ClNO2. The van der Waals surface area contributed by atoms with E-state index in [0.29, 0.717) is 19.8 Å². The van der Waals surface area contributed by atoms with E-state index in [4.69, 9.17) is 16.3 Å². The van der Waals surface area contributed by atoms with Crippen LogP contribution in [0.1, 0.15) is 12.0 Å². The van der Waals surface area contributed by atoms with E-state index in [9.17, 15) is 5.11 Å². The van der Waals surface area contributed by atoms with E-state index >= 15 is 0 Å². The van der Waals surface area contributed by atoms with Crippen LogP contribution in [-0.2, 0) is 11.3 Å². The molecule has 0 aliphatic rings. The molecule has 2 aromatic carbocycles. The number of nitrogens with one attached hydrogen (secondary N) is 1. The second-order valence-corrected chi connectivity index (χ2v) is 5.70. The predicted octanol–water partition coefficient (Wildman–Crippen LogP) is 3.97. The van der Waals surface area contributed by atoms with Crippen molar-refractivity contribution in [3.05, 3.63) is 65.2 Å². The molecule has 4 heteroatoms. The Balaban J connectivity index is 1.65. The van der Waals surface area contributed by atoms with E-state index < -0.39 is 0 Å². The van der Waals surface area contributed by atoms with Gasteiger partial charge in [-0.25, -0.2) is 0 Å². The Labute approximate surface area is 136 Å². The molecule has 0 bridgehead atoms. The van der Waals surface area contributed by atoms with Crippen LogP contribution in [0.5, 0.6) is 0 Å². The Morgan fingerprint density at radius 3 is 2.45 bits per heavy atom. The minimum Gasteiger partial charge on any atom is -0.396 e. The Hall–Kier alpha value is -1.55. The summed E-state index contributed by atoms with van der Waals surface area (Å²) in [7, 11) is 0. The molecule has 0 aliphatic carbocycles. The van der Waals surface area contributed by atoms with Gasteiger partial charge < -0.3 is 15.2 Å². The first-order chi connectivity index (χ1) is 10.8. The number of aliphatic hydroxyl groups is 1. The lowest BCUT2D eigenvalue weighted by molar-refractivity contribution is 0.0974. The van der Waals surface area contributed by atoms with Crippen LogP contribution in [0.25, 0.3) is 0 Å². The molecule has 22 heavy (non-hydrogen) atoms. The normalized spacial score (nSPS) is 12.1. The maximum atomic E-state index is 9.45. The van der Waals surface area contributed by atoms with Gasteiger partial charge in [0.25, 0.3) is 0 Å². The van der Waals surface area contributed by atoms with Crippen molar-refractivity contribution in [3.8, 4) is 0 Å². The van der Waals surface area contributed by atoms with Crippen LogP contribution in [0.4, 0.5) is 5.69 Å². The maximum absolute atomic E-state index is 9.45. The molecular weight excluding hydrogens is 298 g/mol. The first-order valence-electron chi connectivity index (χ1n) is 7.50. The summed E-state index contributed by atoms with van der Waals surface area (Å²) in [6.07, 6.45) is 0.823. The van der Waals surface area contributed by atoms with E-state index in [2.05, 4.69) is 5.32 Å². The van der Waals surface area contributed by atoms with Crippen molar-refractivity contribution in [2.45, 2.75) is 13.0 Å². The van der Waals surface area contributed by atoms with Crippen molar-refractivity contribution in [1.82, 2.24) is 0 Å². The monoisotopic (exact) mass is 319 g/mol. The van der Waals surface area contributed by atoms with Gasteiger partial charge in [-0.15, -0.1) is 0 Å². The van der Waals surface area contributed by atoms with Crippen LogP contribution in [-0.4, -0.2) is 24.9 Å². The lowest BCUT2D eigenvalue weighted by Crippen LogP contribution is -2.19. The smallest absolute Gasteiger partial charge is 0.0716 e. The SMILES string of the molecule is OC[C@@H](CCOCc1ccccc1)CNc1ccc(Cl)cc1. The number of aliphatic hydroxyl groups excluding tert-OH is 1. The van der Waals surface area contributed by atoms with Crippen LogP contribution in [0, 0.1) is 5.92 Å². The van der Waals surface area contributed by atoms with Crippen LogP contribution in [0.2, 0.25) is 5.02 Å². The van der Waals surface area contributed by atoms with E-state index in [1.165, 1.54) is 5.56 Å². The second kappa shape index (κ2) is 9.46. The van der Waals surface area contributed by atoms with Crippen LogP contribution >= 0.6 is 11.6 Å². The highest BCUT2D eigenvalue weighted by Gasteiger charge is 2.07. The van der Waals surface area contributed by atoms with Gasteiger partial charge in [-0.3, -0.25) is 0 Å². The van der Waals surface area contributed by atoms with Crippen molar-refractivity contribution < 1.29 is 9.84 Å². The highest BCUT2D eigenvalue weighted by Crippen LogP contribution is 2.14. The molecule has 2 aromatic rings. The maximum Gasteiger partial charge on any atom is 0.0716 e. The number of hydrogen-bond donors (Lipinski definition) is 2. The quantitative estimate of drug-likeness (QED) is 0.687. The number of benzene rings is 2. The molecule has 0 heterocycles. The second-order valence-electron chi connectivity index (χ2n) is 5.26. The van der Waals surface area contributed by atoms with Gasteiger partial charge in [0, 0.05) is 36.4 Å². The topological polar surface area (TPSA) is 41.5 Å². The van der Waals surface area contributed by atoms with Gasteiger partial charge >= 0.3 is 0 Å². The molecule has 0 aromatic heterocycles. The van der Waals surface area contributed by atoms with Gasteiger partial charge in [0.2, 0.25) is 0 Å². The van der Waals surface area contributed by atoms with E-state index in [1.54, 1.807) is 0 Å². The van der Waals surface area contributed by atoms with Gasteiger partial charge in [-0.1, -0.05) is 41.9 Å². The Morgan fingerprint density at radius 2 is 1.77 bits per heavy atom. The fourth-order valence-corrected chi connectivity index (χ4v) is 2.23.